The number of hydrogen-bond acceptors (Lipinski definition) is 4. The molecule has 0 spiro atoms. The molecule has 0 saturated carbocycles. The maximum Gasteiger partial charge on any atom is 0.135 e. The van der Waals surface area contributed by atoms with Crippen LogP contribution < -0.4 is 9.80 Å². The van der Waals surface area contributed by atoms with Crippen LogP contribution in [0.15, 0.2) is 235 Å². The summed E-state index contributed by atoms with van der Waals surface area (Å²) in [4.78, 5) is 6.18. The summed E-state index contributed by atoms with van der Waals surface area (Å²) in [6.07, 6.45) is 5.68. The molecule has 304 valence electrons. The highest BCUT2D eigenvalue weighted by Crippen LogP contribution is 2.42. The van der Waals surface area contributed by atoms with Gasteiger partial charge in [0.1, 0.15) is 11.2 Å². The lowest BCUT2D eigenvalue weighted by Gasteiger charge is -2.34. The van der Waals surface area contributed by atoms with Gasteiger partial charge < -0.3 is 14.2 Å². The van der Waals surface area contributed by atoms with E-state index in [0.717, 1.165) is 45.4 Å². The van der Waals surface area contributed by atoms with Gasteiger partial charge in [-0.3, -0.25) is 0 Å². The molecule has 0 saturated heterocycles. The van der Waals surface area contributed by atoms with Gasteiger partial charge in [-0.25, -0.2) is 0 Å². The summed E-state index contributed by atoms with van der Waals surface area (Å²) >= 11 is 1.90. The molecule has 11 aromatic rings. The molecular weight excluding hydrogens is 797 g/mol. The van der Waals surface area contributed by atoms with E-state index in [9.17, 15) is 0 Å². The number of hydrogen-bond donors (Lipinski definition) is 0. The highest BCUT2D eigenvalue weighted by Gasteiger charge is 2.25. The van der Waals surface area contributed by atoms with Crippen LogP contribution in [0.1, 0.15) is 10.4 Å². The van der Waals surface area contributed by atoms with E-state index in [1.54, 1.807) is 0 Å². The Kier molecular flexibility index (Phi) is 9.50. The van der Waals surface area contributed by atoms with E-state index in [1.165, 1.54) is 65.3 Å². The van der Waals surface area contributed by atoms with E-state index >= 15 is 0 Å². The minimum absolute atomic E-state index is 0.213. The fourth-order valence-corrected chi connectivity index (χ4v) is 10.6. The van der Waals surface area contributed by atoms with E-state index in [2.05, 4.69) is 234 Å². The number of rotatable bonds is 9. The van der Waals surface area contributed by atoms with Crippen molar-refractivity contribution in [2.75, 3.05) is 9.80 Å². The third kappa shape index (κ3) is 6.95. The van der Waals surface area contributed by atoms with Crippen molar-refractivity contribution in [1.29, 1.82) is 0 Å². The van der Waals surface area contributed by atoms with E-state index < -0.39 is 0 Å². The average molecular weight is 839 g/mol. The monoisotopic (exact) mass is 838 g/mol. The summed E-state index contributed by atoms with van der Waals surface area (Å²) < 4.78 is 7.51. The van der Waals surface area contributed by atoms with Gasteiger partial charge in [-0.15, -0.1) is 11.3 Å². The Labute approximate surface area is 377 Å². The Bertz CT molecular complexity index is 3440. The molecule has 0 amide bonds. The van der Waals surface area contributed by atoms with Crippen LogP contribution in [0, 0.1) is 0 Å². The van der Waals surface area contributed by atoms with Gasteiger partial charge in [0.05, 0.1) is 6.04 Å². The normalized spacial score (nSPS) is 13.3. The summed E-state index contributed by atoms with van der Waals surface area (Å²) in [6.45, 7) is 0. The number of anilines is 5. The molecule has 1 unspecified atom stereocenters. The van der Waals surface area contributed by atoms with Gasteiger partial charge in [-0.2, -0.15) is 0 Å². The molecule has 0 fully saturated rings. The van der Waals surface area contributed by atoms with Crippen molar-refractivity contribution >= 4 is 77.9 Å². The molecule has 2 aromatic heterocycles. The fourth-order valence-electron chi connectivity index (χ4n) is 9.44. The number of fused-ring (bicyclic) bond motifs is 6. The Morgan fingerprint density at radius 1 is 0.391 bits per heavy atom. The second-order valence-corrected chi connectivity index (χ2v) is 17.6. The average Bonchev–Trinajstić information content (AvgIpc) is 3.93. The molecule has 0 bridgehead atoms. The molecule has 1 atom stereocenters. The molecule has 0 N–H and O–H groups in total. The van der Waals surface area contributed by atoms with E-state index in [-0.39, 0.29) is 6.04 Å². The maximum atomic E-state index is 6.15. The van der Waals surface area contributed by atoms with Crippen molar-refractivity contribution in [3.05, 3.63) is 241 Å². The number of furan rings is 1. The Balaban J connectivity index is 0.768. The van der Waals surface area contributed by atoms with Crippen molar-refractivity contribution in [2.45, 2.75) is 12.5 Å². The Hall–Kier alpha value is -7.92. The van der Waals surface area contributed by atoms with Gasteiger partial charge in [0.15, 0.2) is 0 Å². The smallest absolute Gasteiger partial charge is 0.135 e. The molecule has 2 heterocycles. The lowest BCUT2D eigenvalue weighted by Crippen LogP contribution is -2.32. The first-order chi connectivity index (χ1) is 31.7. The largest absolute Gasteiger partial charge is 0.456 e. The predicted molar refractivity (Wildman–Crippen MR) is 272 cm³/mol. The van der Waals surface area contributed by atoms with Gasteiger partial charge in [0, 0.05) is 48.8 Å². The summed E-state index contributed by atoms with van der Waals surface area (Å²) in [7, 11) is 0. The van der Waals surface area contributed by atoms with E-state index in [4.69, 9.17) is 4.42 Å². The highest BCUT2D eigenvalue weighted by molar-refractivity contribution is 7.20. The standard InChI is InChI=1S/C60H42N2OS/c1-3-11-47(12-4-1)61(51-35-37-58-55(39-51)53-15-7-9-17-57(53)63-58)49-31-27-45(28-32-49)43-23-19-41(20-24-43)42-21-25-44(26-22-42)46-29-33-50(34-30-46)62(48-13-5-2-6-14-48)52-36-38-60-56(40-52)54-16-8-10-18-59(54)64-60/h1-39,52H,40H2. The van der Waals surface area contributed by atoms with Crippen LogP contribution in [0.2, 0.25) is 0 Å². The molecule has 3 nitrogen and oxygen atoms in total. The van der Waals surface area contributed by atoms with Gasteiger partial charge in [0.2, 0.25) is 0 Å². The second-order valence-electron chi connectivity index (χ2n) is 16.5. The molecule has 4 heteroatoms. The summed E-state index contributed by atoms with van der Waals surface area (Å²) in [5, 5.41) is 3.62. The maximum absolute atomic E-state index is 6.15. The topological polar surface area (TPSA) is 19.6 Å². The fraction of sp³-hybridized carbons (Fsp3) is 0.0333. The Morgan fingerprint density at radius 3 is 1.47 bits per heavy atom. The molecule has 12 rings (SSSR count). The van der Waals surface area contributed by atoms with Crippen LogP contribution in [-0.4, -0.2) is 6.04 Å². The zero-order valence-electron chi connectivity index (χ0n) is 35.0. The van der Waals surface area contributed by atoms with E-state index in [0.29, 0.717) is 0 Å². The summed E-state index contributed by atoms with van der Waals surface area (Å²) in [5.74, 6) is 0. The number of thiophene rings is 1. The minimum atomic E-state index is 0.213. The first kappa shape index (κ1) is 37.8. The van der Waals surface area contributed by atoms with Gasteiger partial charge >= 0.3 is 0 Å². The molecule has 1 aliphatic carbocycles. The summed E-state index contributed by atoms with van der Waals surface area (Å²) in [6, 6.07) is 80.9. The first-order valence-corrected chi connectivity index (χ1v) is 22.7. The molecule has 0 aliphatic heterocycles. The first-order valence-electron chi connectivity index (χ1n) is 21.9. The van der Waals surface area contributed by atoms with Crippen LogP contribution >= 0.6 is 11.3 Å². The SMILES string of the molecule is C1=CC(N(c2ccccc2)c2ccc(-c3ccc(-c4ccc(-c5ccc(N(c6ccccc6)c6ccc7oc8ccccc8c7c6)cc5)cc4)cc3)cc2)Cc2c1sc1ccccc21. The molecule has 9 aromatic carbocycles. The molecule has 64 heavy (non-hydrogen) atoms. The number of benzene rings is 9. The van der Waals surface area contributed by atoms with Crippen molar-refractivity contribution in [1.82, 2.24) is 0 Å². The van der Waals surface area contributed by atoms with Gasteiger partial charge in [-0.05, 0) is 136 Å². The van der Waals surface area contributed by atoms with E-state index in [1.807, 2.05) is 23.5 Å². The van der Waals surface area contributed by atoms with Crippen molar-refractivity contribution < 1.29 is 4.42 Å². The third-order valence-corrected chi connectivity index (χ3v) is 13.8. The van der Waals surface area contributed by atoms with Crippen LogP contribution in [0.4, 0.5) is 28.4 Å². The zero-order valence-corrected chi connectivity index (χ0v) is 35.8. The van der Waals surface area contributed by atoms with Crippen LogP contribution in [0.3, 0.4) is 0 Å². The lowest BCUT2D eigenvalue weighted by molar-refractivity contribution is 0.669. The number of nitrogens with zero attached hydrogens (tertiary/aromatic N) is 2. The summed E-state index contributed by atoms with van der Waals surface area (Å²) in [5.41, 5.74) is 16.1. The lowest BCUT2D eigenvalue weighted by atomic mass is 9.95. The highest BCUT2D eigenvalue weighted by atomic mass is 32.1. The predicted octanol–water partition coefficient (Wildman–Crippen LogP) is 17.0. The zero-order chi connectivity index (χ0) is 42.4. The van der Waals surface area contributed by atoms with Crippen molar-refractivity contribution in [3.63, 3.8) is 0 Å². The quantitative estimate of drug-likeness (QED) is 0.144. The van der Waals surface area contributed by atoms with Crippen LogP contribution in [-0.2, 0) is 6.42 Å². The number of para-hydroxylation sites is 3. The van der Waals surface area contributed by atoms with Gasteiger partial charge in [0.25, 0.3) is 0 Å². The molecule has 1 aliphatic rings. The Morgan fingerprint density at radius 2 is 0.844 bits per heavy atom. The van der Waals surface area contributed by atoms with Crippen LogP contribution in [0.5, 0.6) is 0 Å². The molecule has 0 radical (unpaired) electrons. The van der Waals surface area contributed by atoms with Crippen LogP contribution in [0.25, 0.3) is 71.5 Å². The molecular formula is C60H42N2OS. The van der Waals surface area contributed by atoms with Crippen molar-refractivity contribution in [3.8, 4) is 33.4 Å². The third-order valence-electron chi connectivity index (χ3n) is 12.7. The minimum Gasteiger partial charge on any atom is -0.456 e. The van der Waals surface area contributed by atoms with Gasteiger partial charge in [-0.1, -0.05) is 152 Å². The second kappa shape index (κ2) is 16.1. The van der Waals surface area contributed by atoms with Crippen molar-refractivity contribution in [2.24, 2.45) is 0 Å².